The average molecular weight is 485 g/mol. The van der Waals surface area contributed by atoms with Crippen LogP contribution >= 0.6 is 0 Å². The van der Waals surface area contributed by atoms with Crippen LogP contribution in [0.25, 0.3) is 0 Å². The van der Waals surface area contributed by atoms with Crippen molar-refractivity contribution in [1.29, 1.82) is 0 Å². The molecule has 0 aromatic rings. The Morgan fingerprint density at radius 3 is 2.20 bits per heavy atom. The molecular weight excluding hydrogens is 436 g/mol. The summed E-state index contributed by atoms with van der Waals surface area (Å²) in [5.41, 5.74) is -0.182. The number of carboxylic acids is 1. The lowest BCUT2D eigenvalue weighted by molar-refractivity contribution is -0.234. The van der Waals surface area contributed by atoms with E-state index in [0.29, 0.717) is 41.6 Å². The van der Waals surface area contributed by atoms with Crippen molar-refractivity contribution < 1.29 is 19.8 Å². The van der Waals surface area contributed by atoms with Gasteiger partial charge in [-0.15, -0.1) is 0 Å². The Bertz CT molecular complexity index is 963. The van der Waals surface area contributed by atoms with E-state index in [9.17, 15) is 19.8 Å². The van der Waals surface area contributed by atoms with Gasteiger partial charge in [-0.25, -0.2) is 0 Å². The van der Waals surface area contributed by atoms with Crippen molar-refractivity contribution in [1.82, 2.24) is 0 Å². The third kappa shape index (κ3) is 2.92. The number of allylic oxidation sites excluding steroid dienone is 1. The number of carbonyl (C=O) groups is 2. The molecular formula is C31H48O4. The maximum absolute atomic E-state index is 13.2. The Balaban J connectivity index is 1.59. The van der Waals surface area contributed by atoms with Gasteiger partial charge in [0.05, 0.1) is 11.7 Å². The molecule has 196 valence electrons. The van der Waals surface area contributed by atoms with Gasteiger partial charge < -0.3 is 10.2 Å². The van der Waals surface area contributed by atoms with Gasteiger partial charge in [0.1, 0.15) is 0 Å². The van der Waals surface area contributed by atoms with Gasteiger partial charge in [-0.3, -0.25) is 9.59 Å². The molecule has 35 heavy (non-hydrogen) atoms. The summed E-state index contributed by atoms with van der Waals surface area (Å²) in [7, 11) is 0. The van der Waals surface area contributed by atoms with Crippen molar-refractivity contribution in [3.63, 3.8) is 0 Å². The van der Waals surface area contributed by atoms with E-state index in [1.165, 1.54) is 0 Å². The van der Waals surface area contributed by atoms with E-state index in [1.807, 2.05) is 0 Å². The third-order valence-corrected chi connectivity index (χ3v) is 13.5. The maximum atomic E-state index is 13.2. The van der Waals surface area contributed by atoms with Gasteiger partial charge in [-0.1, -0.05) is 48.5 Å². The van der Waals surface area contributed by atoms with Crippen molar-refractivity contribution in [3.05, 3.63) is 11.8 Å². The summed E-state index contributed by atoms with van der Waals surface area (Å²) in [5, 5.41) is 20.6. The lowest BCUT2D eigenvalue weighted by Gasteiger charge is -2.72. The Hall–Kier alpha value is -1.32. The van der Waals surface area contributed by atoms with Crippen molar-refractivity contribution in [2.45, 2.75) is 106 Å². The first-order valence-electron chi connectivity index (χ1n) is 14.3. The standard InChI is InChI=1S/C31H48O4/c1-18(2)20-10-13-31(26(34)35)15-14-29(6)21(24(20)31)8-9-23-28(5)16-19(17-32)25(33)27(3,4)22(28)11-12-30(23,29)7/h17-18,20-24,32H,8-16H2,1-7H3,(H,34,35)/b19-17-/t20-,21?,22?,23+,24?,28-,29+,30+,31-/m0/s1. The Labute approximate surface area is 212 Å². The van der Waals surface area contributed by atoms with Gasteiger partial charge in [-0.2, -0.15) is 0 Å². The SMILES string of the molecule is CC(C)[C@@H]1CC[C@]2(C(=O)O)CC[C@]3(C)C(CC[C@@H]4[C@@]5(C)C/C(=C/O)C(=O)C(C)(C)C5CC[C@]43C)C12. The fourth-order valence-electron chi connectivity index (χ4n) is 11.7. The summed E-state index contributed by atoms with van der Waals surface area (Å²) in [6.45, 7) is 16.3. The van der Waals surface area contributed by atoms with Crippen LogP contribution in [0.4, 0.5) is 0 Å². The van der Waals surface area contributed by atoms with Crippen LogP contribution in [-0.2, 0) is 9.59 Å². The number of rotatable bonds is 2. The number of hydrogen-bond donors (Lipinski definition) is 2. The lowest BCUT2D eigenvalue weighted by Crippen LogP contribution is -2.67. The van der Waals surface area contributed by atoms with Crippen LogP contribution in [0, 0.1) is 62.6 Å². The number of carbonyl (C=O) groups excluding carboxylic acids is 1. The fourth-order valence-corrected chi connectivity index (χ4v) is 11.7. The smallest absolute Gasteiger partial charge is 0.309 e. The highest BCUT2D eigenvalue weighted by atomic mass is 16.4. The quantitative estimate of drug-likeness (QED) is 0.316. The molecule has 0 amide bonds. The van der Waals surface area contributed by atoms with E-state index in [4.69, 9.17) is 0 Å². The predicted molar refractivity (Wildman–Crippen MR) is 138 cm³/mol. The number of aliphatic hydroxyl groups excluding tert-OH is 1. The minimum absolute atomic E-state index is 0.0264. The van der Waals surface area contributed by atoms with Crippen LogP contribution < -0.4 is 0 Å². The molecule has 5 aliphatic rings. The Kier molecular flexibility index (Phi) is 5.50. The number of ketones is 1. The summed E-state index contributed by atoms with van der Waals surface area (Å²) in [6.07, 6.45) is 9.89. The fraction of sp³-hybridized carbons (Fsp3) is 0.871. The molecule has 0 radical (unpaired) electrons. The van der Waals surface area contributed by atoms with Gasteiger partial charge in [0.2, 0.25) is 0 Å². The lowest BCUT2D eigenvalue weighted by atomic mass is 9.32. The average Bonchev–Trinajstić information content (AvgIpc) is 3.18. The van der Waals surface area contributed by atoms with Crippen LogP contribution in [0.2, 0.25) is 0 Å². The molecule has 9 atom stereocenters. The van der Waals surface area contributed by atoms with E-state index in [2.05, 4.69) is 48.5 Å². The molecule has 3 unspecified atom stereocenters. The third-order valence-electron chi connectivity index (χ3n) is 13.5. The molecule has 2 N–H and O–H groups in total. The van der Waals surface area contributed by atoms with Crippen LogP contribution in [0.15, 0.2) is 11.8 Å². The number of hydrogen-bond acceptors (Lipinski definition) is 3. The number of aliphatic hydroxyl groups is 1. The van der Waals surface area contributed by atoms with E-state index < -0.39 is 16.8 Å². The molecule has 5 rings (SSSR count). The zero-order valence-corrected chi connectivity index (χ0v) is 23.1. The first-order valence-corrected chi connectivity index (χ1v) is 14.3. The molecule has 0 spiro atoms. The number of aliphatic carboxylic acids is 1. The van der Waals surface area contributed by atoms with Gasteiger partial charge in [0.15, 0.2) is 5.78 Å². The van der Waals surface area contributed by atoms with Crippen LogP contribution in [0.1, 0.15) is 106 Å². The molecule has 0 bridgehead atoms. The molecule has 4 nitrogen and oxygen atoms in total. The molecule has 0 aromatic carbocycles. The van der Waals surface area contributed by atoms with E-state index in [-0.39, 0.29) is 27.9 Å². The van der Waals surface area contributed by atoms with Gasteiger partial charge in [0.25, 0.3) is 0 Å². The summed E-state index contributed by atoms with van der Waals surface area (Å²) >= 11 is 0. The minimum atomic E-state index is -0.541. The first kappa shape index (κ1) is 25.3. The zero-order valence-electron chi connectivity index (χ0n) is 23.1. The van der Waals surface area contributed by atoms with E-state index in [0.717, 1.165) is 57.6 Å². The summed E-state index contributed by atoms with van der Waals surface area (Å²) in [6, 6.07) is 0. The topological polar surface area (TPSA) is 74.6 Å². The molecule has 5 saturated carbocycles. The van der Waals surface area contributed by atoms with Crippen molar-refractivity contribution in [2.24, 2.45) is 62.6 Å². The highest BCUT2D eigenvalue weighted by Gasteiger charge is 2.72. The van der Waals surface area contributed by atoms with E-state index in [1.54, 1.807) is 0 Å². The molecule has 0 aromatic heterocycles. The van der Waals surface area contributed by atoms with E-state index >= 15 is 0 Å². The second-order valence-electron chi connectivity index (χ2n) is 15.0. The van der Waals surface area contributed by atoms with Crippen molar-refractivity contribution in [3.8, 4) is 0 Å². The molecule has 0 aliphatic heterocycles. The second kappa shape index (κ2) is 7.60. The monoisotopic (exact) mass is 484 g/mol. The highest BCUT2D eigenvalue weighted by Crippen LogP contribution is 2.77. The maximum Gasteiger partial charge on any atom is 0.309 e. The minimum Gasteiger partial charge on any atom is -0.515 e. The van der Waals surface area contributed by atoms with Gasteiger partial charge in [0, 0.05) is 11.0 Å². The predicted octanol–water partition coefficient (Wildman–Crippen LogP) is 7.43. The normalized spacial score (nSPS) is 51.9. The Morgan fingerprint density at radius 1 is 0.914 bits per heavy atom. The molecule has 4 heteroatoms. The van der Waals surface area contributed by atoms with Gasteiger partial charge >= 0.3 is 5.97 Å². The molecule has 0 heterocycles. The van der Waals surface area contributed by atoms with Crippen LogP contribution in [0.5, 0.6) is 0 Å². The summed E-state index contributed by atoms with van der Waals surface area (Å²) < 4.78 is 0. The first-order chi connectivity index (χ1) is 16.2. The Morgan fingerprint density at radius 2 is 1.60 bits per heavy atom. The number of Topliss-reactive ketones (excluding diaryl/α,β-unsaturated/α-hetero) is 1. The summed E-state index contributed by atoms with van der Waals surface area (Å²) in [5.74, 6) is 2.13. The molecule has 0 saturated heterocycles. The number of fused-ring (bicyclic) bond motifs is 7. The van der Waals surface area contributed by atoms with Gasteiger partial charge in [-0.05, 0) is 110 Å². The van der Waals surface area contributed by atoms with Crippen LogP contribution in [-0.4, -0.2) is 22.0 Å². The zero-order chi connectivity index (χ0) is 25.8. The molecule has 5 aliphatic carbocycles. The number of carboxylic acid groups (broad SMARTS) is 1. The van der Waals surface area contributed by atoms with Crippen molar-refractivity contribution in [2.75, 3.05) is 0 Å². The van der Waals surface area contributed by atoms with Crippen LogP contribution in [0.3, 0.4) is 0 Å². The summed E-state index contributed by atoms with van der Waals surface area (Å²) in [4.78, 5) is 26.1. The van der Waals surface area contributed by atoms with Crippen molar-refractivity contribution >= 4 is 11.8 Å². The largest absolute Gasteiger partial charge is 0.515 e. The second-order valence-corrected chi connectivity index (χ2v) is 15.0. The highest BCUT2D eigenvalue weighted by molar-refractivity contribution is 6.00. The molecule has 5 fully saturated rings.